The number of unbranched alkanes of at least 4 members (excludes halogenated alkanes) is 1. The van der Waals surface area contributed by atoms with Crippen molar-refractivity contribution in [2.24, 2.45) is 35.0 Å². The number of hydrogen-bond acceptors (Lipinski definition) is 1. The van der Waals surface area contributed by atoms with Gasteiger partial charge in [-0.25, -0.2) is 13.2 Å². The molecule has 0 heterocycles. The second-order valence-corrected chi connectivity index (χ2v) is 19.0. The van der Waals surface area contributed by atoms with Crippen molar-refractivity contribution < 1.29 is 30.7 Å². The third kappa shape index (κ3) is 18.0. The summed E-state index contributed by atoms with van der Waals surface area (Å²) in [6.07, 6.45) is 16.1. The molecule has 4 rings (SSSR count). The van der Waals surface area contributed by atoms with Gasteiger partial charge in [0, 0.05) is 0 Å². The molecule has 1 aromatic rings. The van der Waals surface area contributed by atoms with Gasteiger partial charge in [-0.15, -0.1) is 0 Å². The molecule has 0 aliphatic heterocycles. The predicted molar refractivity (Wildman–Crippen MR) is 250 cm³/mol. The Bertz CT molecular complexity index is 1420. The Morgan fingerprint density at radius 2 is 1.55 bits per heavy atom. The van der Waals surface area contributed by atoms with Crippen LogP contribution >= 0.6 is 11.8 Å². The molecule has 0 N–H and O–H groups in total. The van der Waals surface area contributed by atoms with Crippen LogP contribution in [0.15, 0.2) is 66.3 Å². The summed E-state index contributed by atoms with van der Waals surface area (Å²) in [6, 6.07) is 6.61. The van der Waals surface area contributed by atoms with E-state index in [2.05, 4.69) is 96.8 Å². The molecule has 0 nitrogen and oxygen atoms in total. The lowest BCUT2D eigenvalue weighted by molar-refractivity contribution is -0.224. The summed E-state index contributed by atoms with van der Waals surface area (Å²) >= 11 is 2.15. The van der Waals surface area contributed by atoms with E-state index in [-0.39, 0.29) is 11.1 Å². The zero-order valence-corrected chi connectivity index (χ0v) is 40.7. The molecule has 0 amide bonds. The van der Waals surface area contributed by atoms with E-state index in [4.69, 9.17) is 0 Å². The number of rotatable bonds is 17. The van der Waals surface area contributed by atoms with Gasteiger partial charge in [0.2, 0.25) is 5.67 Å². The van der Waals surface area contributed by atoms with Crippen LogP contribution in [-0.2, 0) is 12.8 Å². The van der Waals surface area contributed by atoms with Crippen molar-refractivity contribution in [3.05, 3.63) is 83.0 Å². The molecule has 0 bridgehead atoms. The van der Waals surface area contributed by atoms with Crippen molar-refractivity contribution in [1.82, 2.24) is 0 Å². The summed E-state index contributed by atoms with van der Waals surface area (Å²) in [5.74, 6) is 6.02. The first kappa shape index (κ1) is 58.0. The fourth-order valence-corrected chi connectivity index (χ4v) is 10.1. The number of allylic oxidation sites excluding steroid dienone is 6. The van der Waals surface area contributed by atoms with E-state index in [0.29, 0.717) is 38.3 Å². The lowest BCUT2D eigenvalue weighted by atomic mass is 9.54. The van der Waals surface area contributed by atoms with Gasteiger partial charge in [-0.2, -0.15) is 24.9 Å². The Labute approximate surface area is 368 Å². The number of hydrogen-bond donors (Lipinski definition) is 0. The van der Waals surface area contributed by atoms with Crippen molar-refractivity contribution in [3.63, 3.8) is 0 Å². The van der Waals surface area contributed by atoms with Crippen molar-refractivity contribution >= 4 is 11.8 Å². The van der Waals surface area contributed by atoms with E-state index in [9.17, 15) is 30.7 Å². The Kier molecular flexibility index (Phi) is 28.5. The Morgan fingerprint density at radius 1 is 0.917 bits per heavy atom. The molecule has 2 saturated carbocycles. The van der Waals surface area contributed by atoms with Crippen LogP contribution in [0.25, 0.3) is 0 Å². The monoisotopic (exact) mass is 875 g/mol. The summed E-state index contributed by atoms with van der Waals surface area (Å²) in [6.45, 7) is 29.0. The first-order valence-corrected chi connectivity index (χ1v) is 24.3. The standard InChI is InChI=1S/C28H36F2.C16H32S.C5H8F4.C2H6.CH3F/c1-6-17(2)26(29)27(30)18(3)15-20-8-10-22-21(16-20)9-11-24-23(22)13-14-28(5)19(4)7-12-25(24)28;1-5-7-9-16(11-10-15(3)4)12-14-17-13-8-6-2;1-3-4(2,6)5(7,8)9;2*1-2/h8,10,16,19,23-25H,2-3,6-7,9,11-15H2,1,4-5H3;5,7,15-16H,6,8-14H2,1-4H3;3H2,1-2H3;1-2H3;1H3/b27-26-;7-5-;;;. The number of halogens is 7. The second-order valence-electron chi connectivity index (χ2n) is 17.8. The highest BCUT2D eigenvalue weighted by Crippen LogP contribution is 2.62. The first-order valence-electron chi connectivity index (χ1n) is 23.1. The molecule has 348 valence electrons. The largest absolute Gasteiger partial charge is 0.422 e. The van der Waals surface area contributed by atoms with Crippen molar-refractivity contribution in [2.75, 3.05) is 18.7 Å². The first-order chi connectivity index (χ1) is 28.3. The summed E-state index contributed by atoms with van der Waals surface area (Å²) in [7, 11) is 0.500. The normalized spacial score (nSPS) is 23.6. The van der Waals surface area contributed by atoms with E-state index in [0.717, 1.165) is 48.5 Å². The number of benzene rings is 1. The summed E-state index contributed by atoms with van der Waals surface area (Å²) in [5, 5.41) is 0. The van der Waals surface area contributed by atoms with Gasteiger partial charge in [0.1, 0.15) is 0 Å². The molecule has 8 heteroatoms. The van der Waals surface area contributed by atoms with Crippen molar-refractivity contribution in [2.45, 2.75) is 190 Å². The van der Waals surface area contributed by atoms with E-state index in [1.54, 1.807) is 6.92 Å². The molecule has 0 aromatic heterocycles. The zero-order valence-electron chi connectivity index (χ0n) is 39.8. The Morgan fingerprint density at radius 3 is 2.08 bits per heavy atom. The third-order valence-electron chi connectivity index (χ3n) is 13.3. The molecule has 0 spiro atoms. The lowest BCUT2D eigenvalue weighted by Gasteiger charge is -2.50. The van der Waals surface area contributed by atoms with Crippen LogP contribution in [0.4, 0.5) is 30.7 Å². The van der Waals surface area contributed by atoms with Crippen LogP contribution in [0.2, 0.25) is 0 Å². The van der Waals surface area contributed by atoms with E-state index in [1.165, 1.54) is 93.3 Å². The molecule has 1 aromatic carbocycles. The van der Waals surface area contributed by atoms with Crippen LogP contribution in [0.3, 0.4) is 0 Å². The smallest absolute Gasteiger partial charge is 0.255 e. The second kappa shape index (κ2) is 29.4. The summed E-state index contributed by atoms with van der Waals surface area (Å²) in [5.41, 5.74) is 1.86. The van der Waals surface area contributed by atoms with Gasteiger partial charge >= 0.3 is 6.18 Å². The maximum absolute atomic E-state index is 14.4. The van der Waals surface area contributed by atoms with Crippen LogP contribution in [-0.4, -0.2) is 30.5 Å². The van der Waals surface area contributed by atoms with Gasteiger partial charge in [-0.1, -0.05) is 119 Å². The number of thioether (sulfide) groups is 1. The highest BCUT2D eigenvalue weighted by molar-refractivity contribution is 7.99. The van der Waals surface area contributed by atoms with Crippen LogP contribution in [0.1, 0.15) is 182 Å². The van der Waals surface area contributed by atoms with E-state index < -0.39 is 29.9 Å². The fourth-order valence-electron chi connectivity index (χ4n) is 8.87. The van der Waals surface area contributed by atoms with Gasteiger partial charge in [0.25, 0.3) is 0 Å². The van der Waals surface area contributed by atoms with Gasteiger partial charge in [-0.05, 0) is 178 Å². The van der Waals surface area contributed by atoms with E-state index >= 15 is 0 Å². The average molecular weight is 875 g/mol. The van der Waals surface area contributed by atoms with Crippen LogP contribution in [0.5, 0.6) is 0 Å². The summed E-state index contributed by atoms with van der Waals surface area (Å²) in [4.78, 5) is 0. The average Bonchev–Trinajstić information content (AvgIpc) is 3.55. The van der Waals surface area contributed by atoms with Gasteiger partial charge in [0.05, 0.1) is 7.18 Å². The van der Waals surface area contributed by atoms with Crippen LogP contribution in [0, 0.1) is 35.0 Å². The van der Waals surface area contributed by atoms with E-state index in [1.807, 2.05) is 13.8 Å². The van der Waals surface area contributed by atoms with Gasteiger partial charge in [-0.3, -0.25) is 4.39 Å². The minimum atomic E-state index is -4.72. The van der Waals surface area contributed by atoms with Gasteiger partial charge < -0.3 is 0 Å². The molecule has 60 heavy (non-hydrogen) atoms. The number of aryl methyl sites for hydroxylation is 1. The molecule has 0 radical (unpaired) electrons. The van der Waals surface area contributed by atoms with Crippen LogP contribution < -0.4 is 0 Å². The quantitative estimate of drug-likeness (QED) is 0.0650. The molecule has 7 unspecified atom stereocenters. The Balaban J connectivity index is 0.000000981. The highest BCUT2D eigenvalue weighted by atomic mass is 32.2. The zero-order chi connectivity index (χ0) is 46.3. The maximum Gasteiger partial charge on any atom is 0.422 e. The lowest BCUT2D eigenvalue weighted by Crippen LogP contribution is -2.41. The molecule has 0 saturated heterocycles. The van der Waals surface area contributed by atoms with Gasteiger partial charge in [0.15, 0.2) is 11.7 Å². The fraction of sp³-hybridized carbons (Fsp3) is 0.731. The SMILES string of the molecule is C/C=C\CC(CCSCCCC)CCC(C)C.C=C(CC)/C(F)=C(/F)C(=C)Cc1ccc2c(c1)CCC1C2CCC2(C)C(C)CCC12.CC.CCC(C)(F)C(F)(F)F.CF. The molecule has 2 fully saturated rings. The highest BCUT2D eigenvalue weighted by Gasteiger charge is 2.53. The molecule has 3 aliphatic carbocycles. The predicted octanol–water partition coefficient (Wildman–Crippen LogP) is 18.6. The summed E-state index contributed by atoms with van der Waals surface area (Å²) < 4.78 is 84.6. The Hall–Kier alpha value is -1.96. The molecular formula is C52H85F7S. The maximum atomic E-state index is 14.4. The minimum absolute atomic E-state index is 0.190. The van der Waals surface area contributed by atoms with Crippen molar-refractivity contribution in [1.29, 1.82) is 0 Å². The number of fused-ring (bicyclic) bond motifs is 5. The third-order valence-corrected chi connectivity index (χ3v) is 14.4. The topological polar surface area (TPSA) is 0 Å². The number of alkyl halides is 5. The molecule has 7 atom stereocenters. The minimum Gasteiger partial charge on any atom is -0.255 e. The molecule has 3 aliphatic rings. The van der Waals surface area contributed by atoms with Crippen molar-refractivity contribution in [3.8, 4) is 0 Å². The molecular weight excluding hydrogens is 790 g/mol.